The molecule has 2 heterocycles. The van der Waals surface area contributed by atoms with Crippen molar-refractivity contribution in [2.24, 2.45) is 0 Å². The van der Waals surface area contributed by atoms with Crippen molar-refractivity contribution >= 4 is 21.6 Å². The number of sulfonamides is 1. The summed E-state index contributed by atoms with van der Waals surface area (Å²) in [7, 11) is -3.69. The second-order valence-corrected chi connectivity index (χ2v) is 6.71. The van der Waals surface area contributed by atoms with Gasteiger partial charge in [0.2, 0.25) is 10.0 Å². The molecule has 21 heavy (non-hydrogen) atoms. The highest BCUT2D eigenvalue weighted by molar-refractivity contribution is 7.89. The number of nitrogens with one attached hydrogen (secondary N) is 1. The topological polar surface area (TPSA) is 72.0 Å². The van der Waals surface area contributed by atoms with Gasteiger partial charge in [-0.25, -0.2) is 13.1 Å². The fourth-order valence-corrected chi connectivity index (χ4v) is 3.40. The van der Waals surface area contributed by atoms with Crippen molar-refractivity contribution in [1.82, 2.24) is 14.7 Å². The number of nitrogens with zero attached hydrogens (tertiary/aromatic N) is 2. The molecule has 0 bridgehead atoms. The maximum Gasteiger partial charge on any atom is 0.242 e. The van der Waals surface area contributed by atoms with Crippen LogP contribution in [0.1, 0.15) is 31.5 Å². The maximum absolute atomic E-state index is 12.4. The highest BCUT2D eigenvalue weighted by Gasteiger charge is 2.22. The molecule has 2 aromatic rings. The van der Waals surface area contributed by atoms with E-state index in [0.717, 1.165) is 6.42 Å². The molecule has 5 nitrogen and oxygen atoms in total. The predicted octanol–water partition coefficient (Wildman–Crippen LogP) is 2.95. The third-order valence-corrected chi connectivity index (χ3v) is 4.56. The molecule has 2 rings (SSSR count). The van der Waals surface area contributed by atoms with Gasteiger partial charge in [0.25, 0.3) is 0 Å². The molecule has 0 amide bonds. The van der Waals surface area contributed by atoms with E-state index in [1.807, 2.05) is 13.0 Å². The van der Waals surface area contributed by atoms with Crippen molar-refractivity contribution in [2.75, 3.05) is 0 Å². The van der Waals surface area contributed by atoms with E-state index in [-0.39, 0.29) is 16.0 Å². The van der Waals surface area contributed by atoms with E-state index in [0.29, 0.717) is 12.1 Å². The van der Waals surface area contributed by atoms with Gasteiger partial charge in [-0.1, -0.05) is 31.0 Å². The lowest BCUT2D eigenvalue weighted by atomic mass is 10.1. The van der Waals surface area contributed by atoms with Gasteiger partial charge < -0.3 is 0 Å². The number of aromatic nitrogens is 2. The van der Waals surface area contributed by atoms with Crippen molar-refractivity contribution in [2.45, 2.75) is 30.7 Å². The molecular formula is C14H16ClN3O2S. The minimum Gasteiger partial charge on any atom is -0.262 e. The Morgan fingerprint density at radius 3 is 2.76 bits per heavy atom. The molecule has 0 radical (unpaired) electrons. The van der Waals surface area contributed by atoms with Gasteiger partial charge in [-0.15, -0.1) is 0 Å². The Morgan fingerprint density at radius 1 is 1.33 bits per heavy atom. The zero-order valence-electron chi connectivity index (χ0n) is 11.5. The second kappa shape index (κ2) is 6.98. The van der Waals surface area contributed by atoms with Gasteiger partial charge in [-0.2, -0.15) is 0 Å². The van der Waals surface area contributed by atoms with Gasteiger partial charge in [-0.05, 0) is 24.6 Å². The normalized spacial score (nSPS) is 13.0. The number of hydrogen-bond acceptors (Lipinski definition) is 4. The minimum absolute atomic E-state index is 0.0482. The molecule has 0 spiro atoms. The zero-order valence-corrected chi connectivity index (χ0v) is 13.1. The first-order valence-electron chi connectivity index (χ1n) is 6.56. The summed E-state index contributed by atoms with van der Waals surface area (Å²) in [6, 6.07) is 6.43. The standard InChI is InChI=1S/C14H16ClN3O2S/c1-2-5-14(13-6-3-4-7-17-13)18-21(19,20)12-8-11(15)9-16-10-12/h3-4,6-10,14,18H,2,5H2,1H3/t14-/m1/s1. The van der Waals surface area contributed by atoms with Crippen molar-refractivity contribution in [1.29, 1.82) is 0 Å². The largest absolute Gasteiger partial charge is 0.262 e. The summed E-state index contributed by atoms with van der Waals surface area (Å²) >= 11 is 5.80. The lowest BCUT2D eigenvalue weighted by Crippen LogP contribution is -2.29. The quantitative estimate of drug-likeness (QED) is 0.886. The van der Waals surface area contributed by atoms with Gasteiger partial charge in [0, 0.05) is 18.6 Å². The highest BCUT2D eigenvalue weighted by Crippen LogP contribution is 2.20. The average Bonchev–Trinajstić information content (AvgIpc) is 2.47. The summed E-state index contributed by atoms with van der Waals surface area (Å²) < 4.78 is 27.5. The van der Waals surface area contributed by atoms with Gasteiger partial charge in [-0.3, -0.25) is 9.97 Å². The Kier molecular flexibility index (Phi) is 5.27. The lowest BCUT2D eigenvalue weighted by molar-refractivity contribution is 0.529. The molecule has 0 aliphatic heterocycles. The van der Waals surface area contributed by atoms with Crippen LogP contribution in [0.5, 0.6) is 0 Å². The van der Waals surface area contributed by atoms with Crippen molar-refractivity contribution in [3.8, 4) is 0 Å². The first-order valence-corrected chi connectivity index (χ1v) is 8.43. The maximum atomic E-state index is 12.4. The van der Waals surface area contributed by atoms with Crippen LogP contribution in [0.2, 0.25) is 5.02 Å². The van der Waals surface area contributed by atoms with E-state index in [4.69, 9.17) is 11.6 Å². The van der Waals surface area contributed by atoms with Gasteiger partial charge in [0.05, 0.1) is 16.8 Å². The van der Waals surface area contributed by atoms with Crippen LogP contribution in [0.4, 0.5) is 0 Å². The molecule has 0 saturated carbocycles. The van der Waals surface area contributed by atoms with Crippen LogP contribution in [0, 0.1) is 0 Å². The van der Waals surface area contributed by atoms with Gasteiger partial charge in [0.15, 0.2) is 0 Å². The number of halogens is 1. The van der Waals surface area contributed by atoms with Gasteiger partial charge >= 0.3 is 0 Å². The Labute approximate surface area is 129 Å². The van der Waals surface area contributed by atoms with E-state index in [9.17, 15) is 8.42 Å². The summed E-state index contributed by atoms with van der Waals surface area (Å²) in [6.45, 7) is 1.99. The van der Waals surface area contributed by atoms with Crippen LogP contribution in [0.25, 0.3) is 0 Å². The summed E-state index contributed by atoms with van der Waals surface area (Å²) in [5, 5.41) is 0.280. The second-order valence-electron chi connectivity index (χ2n) is 4.56. The van der Waals surface area contributed by atoms with Crippen LogP contribution in [0.3, 0.4) is 0 Å². The van der Waals surface area contributed by atoms with Gasteiger partial charge in [0.1, 0.15) is 4.90 Å². The van der Waals surface area contributed by atoms with E-state index in [1.54, 1.807) is 18.3 Å². The fraction of sp³-hybridized carbons (Fsp3) is 0.286. The van der Waals surface area contributed by atoms with E-state index in [2.05, 4.69) is 14.7 Å². The monoisotopic (exact) mass is 325 g/mol. The van der Waals surface area contributed by atoms with Crippen LogP contribution in [0.15, 0.2) is 47.8 Å². The first kappa shape index (κ1) is 15.9. The molecule has 0 aliphatic rings. The Bertz CT molecular complexity index is 692. The summed E-state index contributed by atoms with van der Waals surface area (Å²) in [6.07, 6.45) is 5.80. The van der Waals surface area contributed by atoms with E-state index in [1.165, 1.54) is 18.5 Å². The molecule has 112 valence electrons. The van der Waals surface area contributed by atoms with Crippen molar-refractivity contribution < 1.29 is 8.42 Å². The molecule has 1 N–H and O–H groups in total. The summed E-state index contributed by atoms with van der Waals surface area (Å²) in [4.78, 5) is 8.08. The fourth-order valence-electron chi connectivity index (χ4n) is 1.93. The zero-order chi connectivity index (χ0) is 15.3. The molecule has 7 heteroatoms. The van der Waals surface area contributed by atoms with E-state index < -0.39 is 10.0 Å². The molecule has 0 aliphatic carbocycles. The van der Waals surface area contributed by atoms with Crippen LogP contribution < -0.4 is 4.72 Å². The molecular weight excluding hydrogens is 310 g/mol. The Hall–Kier alpha value is -1.50. The first-order chi connectivity index (χ1) is 10.0. The van der Waals surface area contributed by atoms with Crippen LogP contribution >= 0.6 is 11.6 Å². The number of rotatable bonds is 6. The molecule has 2 aromatic heterocycles. The molecule has 0 saturated heterocycles. The molecule has 0 aromatic carbocycles. The number of pyridine rings is 2. The van der Waals surface area contributed by atoms with Crippen molar-refractivity contribution in [3.05, 3.63) is 53.6 Å². The van der Waals surface area contributed by atoms with Crippen LogP contribution in [-0.4, -0.2) is 18.4 Å². The third-order valence-electron chi connectivity index (χ3n) is 2.91. The van der Waals surface area contributed by atoms with Crippen LogP contribution in [-0.2, 0) is 10.0 Å². The summed E-state index contributed by atoms with van der Waals surface area (Å²) in [5.41, 5.74) is 0.693. The molecule has 0 unspecified atom stereocenters. The Balaban J connectivity index is 2.28. The SMILES string of the molecule is CCC[C@@H](NS(=O)(=O)c1cncc(Cl)c1)c1ccccn1. The molecule has 0 fully saturated rings. The predicted molar refractivity (Wildman–Crippen MR) is 81.5 cm³/mol. The highest BCUT2D eigenvalue weighted by atomic mass is 35.5. The minimum atomic E-state index is -3.69. The smallest absolute Gasteiger partial charge is 0.242 e. The van der Waals surface area contributed by atoms with E-state index >= 15 is 0 Å². The molecule has 1 atom stereocenters. The number of hydrogen-bond donors (Lipinski definition) is 1. The third kappa shape index (κ3) is 4.23. The summed E-state index contributed by atoms with van der Waals surface area (Å²) in [5.74, 6) is 0. The average molecular weight is 326 g/mol. The Morgan fingerprint density at radius 2 is 2.14 bits per heavy atom. The lowest BCUT2D eigenvalue weighted by Gasteiger charge is -2.17. The van der Waals surface area contributed by atoms with Crippen molar-refractivity contribution in [3.63, 3.8) is 0 Å².